The number of hydrogen-bond donors (Lipinski definition) is 2. The van der Waals surface area contributed by atoms with E-state index in [1.54, 1.807) is 7.11 Å². The van der Waals surface area contributed by atoms with Crippen LogP contribution in [0.25, 0.3) is 21.8 Å². The van der Waals surface area contributed by atoms with E-state index in [0.717, 1.165) is 16.8 Å². The van der Waals surface area contributed by atoms with Crippen molar-refractivity contribution >= 4 is 21.8 Å². The van der Waals surface area contributed by atoms with Crippen molar-refractivity contribution < 1.29 is 9.84 Å². The third-order valence-electron chi connectivity index (χ3n) is 4.94. The molecule has 0 saturated heterocycles. The standard InChI is InChI=1S/C23H24N2O2/c1-27-19-12-10-17(11-13-19)14-24-15-18(26)16-25-22-8-4-2-6-20(22)21-7-3-5-9-23(21)25/h2-13,18,24,26H,14-16H2,1H3. The molecule has 3 aromatic carbocycles. The first-order chi connectivity index (χ1) is 13.3. The summed E-state index contributed by atoms with van der Waals surface area (Å²) in [5, 5.41) is 16.4. The molecule has 1 atom stereocenters. The molecule has 0 aliphatic carbocycles. The van der Waals surface area contributed by atoms with Crippen LogP contribution in [0, 0.1) is 0 Å². The molecule has 0 bridgehead atoms. The first kappa shape index (κ1) is 17.6. The molecule has 4 rings (SSSR count). The van der Waals surface area contributed by atoms with Crippen LogP contribution in [0.2, 0.25) is 0 Å². The molecule has 1 unspecified atom stereocenters. The highest BCUT2D eigenvalue weighted by Gasteiger charge is 2.13. The number of hydrogen-bond acceptors (Lipinski definition) is 3. The van der Waals surface area contributed by atoms with Crippen LogP contribution in [0.15, 0.2) is 72.8 Å². The molecular weight excluding hydrogens is 336 g/mol. The number of aromatic nitrogens is 1. The van der Waals surface area contributed by atoms with Gasteiger partial charge in [-0.1, -0.05) is 48.5 Å². The van der Waals surface area contributed by atoms with Crippen LogP contribution in [-0.2, 0) is 13.1 Å². The summed E-state index contributed by atoms with van der Waals surface area (Å²) in [6.45, 7) is 1.81. The van der Waals surface area contributed by atoms with Crippen molar-refractivity contribution in [2.45, 2.75) is 19.2 Å². The molecule has 4 aromatic rings. The molecule has 1 heterocycles. The highest BCUT2D eigenvalue weighted by Crippen LogP contribution is 2.28. The lowest BCUT2D eigenvalue weighted by molar-refractivity contribution is 0.154. The lowest BCUT2D eigenvalue weighted by Crippen LogP contribution is -2.29. The molecule has 138 valence electrons. The second-order valence-electron chi connectivity index (χ2n) is 6.78. The predicted octanol–water partition coefficient (Wildman–Crippen LogP) is 3.95. The van der Waals surface area contributed by atoms with Gasteiger partial charge in [0.15, 0.2) is 0 Å². The second-order valence-corrected chi connectivity index (χ2v) is 6.78. The third kappa shape index (κ3) is 3.68. The van der Waals surface area contributed by atoms with E-state index in [2.05, 4.69) is 46.3 Å². The Morgan fingerprint density at radius 3 is 2.07 bits per heavy atom. The summed E-state index contributed by atoms with van der Waals surface area (Å²) in [5.41, 5.74) is 3.49. The Kier molecular flexibility index (Phi) is 5.10. The van der Waals surface area contributed by atoms with Gasteiger partial charge in [0, 0.05) is 34.9 Å². The maximum Gasteiger partial charge on any atom is 0.118 e. The fourth-order valence-electron chi connectivity index (χ4n) is 3.60. The maximum absolute atomic E-state index is 10.6. The van der Waals surface area contributed by atoms with E-state index >= 15 is 0 Å². The number of benzene rings is 3. The fraction of sp³-hybridized carbons (Fsp3) is 0.217. The summed E-state index contributed by atoms with van der Waals surface area (Å²) in [6, 6.07) is 24.7. The van der Waals surface area contributed by atoms with Gasteiger partial charge < -0.3 is 19.7 Å². The van der Waals surface area contributed by atoms with Gasteiger partial charge in [-0.15, -0.1) is 0 Å². The molecule has 0 radical (unpaired) electrons. The van der Waals surface area contributed by atoms with Crippen molar-refractivity contribution in [1.82, 2.24) is 9.88 Å². The molecule has 27 heavy (non-hydrogen) atoms. The van der Waals surface area contributed by atoms with Gasteiger partial charge in [-0.3, -0.25) is 0 Å². The highest BCUT2D eigenvalue weighted by molar-refractivity contribution is 6.07. The van der Waals surface area contributed by atoms with Crippen LogP contribution >= 0.6 is 0 Å². The van der Waals surface area contributed by atoms with Gasteiger partial charge in [-0.05, 0) is 29.8 Å². The van der Waals surface area contributed by atoms with Crippen LogP contribution in [-0.4, -0.2) is 29.4 Å². The van der Waals surface area contributed by atoms with Crippen molar-refractivity contribution in [1.29, 1.82) is 0 Å². The molecule has 4 heteroatoms. The van der Waals surface area contributed by atoms with E-state index in [4.69, 9.17) is 4.74 Å². The zero-order chi connectivity index (χ0) is 18.6. The summed E-state index contributed by atoms with van der Waals surface area (Å²) in [5.74, 6) is 0.852. The Labute approximate surface area is 159 Å². The predicted molar refractivity (Wildman–Crippen MR) is 110 cm³/mol. The van der Waals surface area contributed by atoms with Crippen LogP contribution < -0.4 is 10.1 Å². The minimum atomic E-state index is -0.470. The number of para-hydroxylation sites is 2. The number of methoxy groups -OCH3 is 1. The molecule has 2 N–H and O–H groups in total. The van der Waals surface area contributed by atoms with Gasteiger partial charge >= 0.3 is 0 Å². The minimum Gasteiger partial charge on any atom is -0.497 e. The first-order valence-corrected chi connectivity index (χ1v) is 9.24. The number of ether oxygens (including phenoxy) is 1. The summed E-state index contributed by atoms with van der Waals surface area (Å²) >= 11 is 0. The highest BCUT2D eigenvalue weighted by atomic mass is 16.5. The molecule has 1 aromatic heterocycles. The van der Waals surface area contributed by atoms with Gasteiger partial charge in [0.2, 0.25) is 0 Å². The normalized spacial score (nSPS) is 12.5. The van der Waals surface area contributed by atoms with Gasteiger partial charge in [0.1, 0.15) is 5.75 Å². The van der Waals surface area contributed by atoms with Crippen LogP contribution in [0.1, 0.15) is 5.56 Å². The number of nitrogens with one attached hydrogen (secondary N) is 1. The van der Waals surface area contributed by atoms with Gasteiger partial charge in [0.05, 0.1) is 19.8 Å². The summed E-state index contributed by atoms with van der Waals surface area (Å²) < 4.78 is 7.39. The largest absolute Gasteiger partial charge is 0.497 e. The van der Waals surface area contributed by atoms with Crippen molar-refractivity contribution in [2.24, 2.45) is 0 Å². The SMILES string of the molecule is COc1ccc(CNCC(O)Cn2c3ccccc3c3ccccc32)cc1. The van der Waals surface area contributed by atoms with Gasteiger partial charge in [0.25, 0.3) is 0 Å². The van der Waals surface area contributed by atoms with Crippen molar-refractivity contribution in [3.05, 3.63) is 78.4 Å². The lowest BCUT2D eigenvalue weighted by atomic mass is 10.2. The maximum atomic E-state index is 10.6. The molecule has 0 aliphatic heterocycles. The van der Waals surface area contributed by atoms with Crippen LogP contribution in [0.3, 0.4) is 0 Å². The Morgan fingerprint density at radius 2 is 1.48 bits per heavy atom. The monoisotopic (exact) mass is 360 g/mol. The lowest BCUT2D eigenvalue weighted by Gasteiger charge is -2.15. The van der Waals surface area contributed by atoms with E-state index in [1.165, 1.54) is 16.3 Å². The molecular formula is C23H24N2O2. The minimum absolute atomic E-state index is 0.470. The van der Waals surface area contributed by atoms with Gasteiger partial charge in [-0.25, -0.2) is 0 Å². The average Bonchev–Trinajstić information content (AvgIpc) is 3.03. The zero-order valence-electron chi connectivity index (χ0n) is 15.4. The smallest absolute Gasteiger partial charge is 0.118 e. The van der Waals surface area contributed by atoms with E-state index in [0.29, 0.717) is 19.6 Å². The van der Waals surface area contributed by atoms with Crippen LogP contribution in [0.5, 0.6) is 5.75 Å². The Hall–Kier alpha value is -2.82. The van der Waals surface area contributed by atoms with E-state index < -0.39 is 6.10 Å². The van der Waals surface area contributed by atoms with Crippen molar-refractivity contribution in [2.75, 3.05) is 13.7 Å². The number of aliphatic hydroxyl groups excluding tert-OH is 1. The second kappa shape index (κ2) is 7.82. The topological polar surface area (TPSA) is 46.4 Å². The molecule has 0 aliphatic rings. The summed E-state index contributed by atoms with van der Waals surface area (Å²) in [7, 11) is 1.66. The molecule has 0 amide bonds. The molecule has 4 nitrogen and oxygen atoms in total. The van der Waals surface area contributed by atoms with Crippen LogP contribution in [0.4, 0.5) is 0 Å². The number of fused-ring (bicyclic) bond motifs is 3. The molecule has 0 saturated carbocycles. The van der Waals surface area contributed by atoms with E-state index in [-0.39, 0.29) is 0 Å². The quantitative estimate of drug-likeness (QED) is 0.524. The number of aliphatic hydroxyl groups is 1. The summed E-state index contributed by atoms with van der Waals surface area (Å²) in [6.07, 6.45) is -0.470. The number of rotatable bonds is 7. The van der Waals surface area contributed by atoms with E-state index in [1.807, 2.05) is 36.4 Å². The molecule has 0 spiro atoms. The fourth-order valence-corrected chi connectivity index (χ4v) is 3.60. The zero-order valence-corrected chi connectivity index (χ0v) is 15.4. The Morgan fingerprint density at radius 1 is 0.889 bits per heavy atom. The van der Waals surface area contributed by atoms with Gasteiger partial charge in [-0.2, -0.15) is 0 Å². The third-order valence-corrected chi connectivity index (χ3v) is 4.94. The average molecular weight is 360 g/mol. The molecule has 0 fully saturated rings. The first-order valence-electron chi connectivity index (χ1n) is 9.24. The van der Waals surface area contributed by atoms with Crippen molar-refractivity contribution in [3.63, 3.8) is 0 Å². The Bertz CT molecular complexity index is 984. The van der Waals surface area contributed by atoms with E-state index in [9.17, 15) is 5.11 Å². The summed E-state index contributed by atoms with van der Waals surface area (Å²) in [4.78, 5) is 0. The van der Waals surface area contributed by atoms with Crippen molar-refractivity contribution in [3.8, 4) is 5.75 Å². The Balaban J connectivity index is 1.45. The number of nitrogens with zero attached hydrogens (tertiary/aromatic N) is 1.